The largest absolute Gasteiger partial charge is 0.296 e. The Morgan fingerprint density at radius 2 is 2.07 bits per heavy atom. The van der Waals surface area contributed by atoms with Crippen molar-refractivity contribution in [3.05, 3.63) is 24.7 Å². The molecular formula is C7H6N4O3S. The topological polar surface area (TPSA) is 109 Å². The smallest absolute Gasteiger partial charge is 0.282 e. The van der Waals surface area contributed by atoms with E-state index in [9.17, 15) is 8.42 Å². The van der Waals surface area contributed by atoms with Crippen molar-refractivity contribution >= 4 is 10.1 Å². The number of hydrogen-bond acceptors (Lipinski definition) is 5. The van der Waals surface area contributed by atoms with Crippen molar-refractivity contribution in [3.63, 3.8) is 0 Å². The summed E-state index contributed by atoms with van der Waals surface area (Å²) in [4.78, 5) is 7.39. The summed E-state index contributed by atoms with van der Waals surface area (Å²) in [7, 11) is -4.20. The fraction of sp³-hybridized carbons (Fsp3) is 0. The van der Waals surface area contributed by atoms with Gasteiger partial charge in [-0.05, 0) is 12.1 Å². The third-order valence-corrected chi connectivity index (χ3v) is 2.53. The summed E-state index contributed by atoms with van der Waals surface area (Å²) in [5.41, 5.74) is 0.444. The Balaban J connectivity index is 2.42. The molecule has 0 aliphatic heterocycles. The highest BCUT2D eigenvalue weighted by Crippen LogP contribution is 2.13. The highest BCUT2D eigenvalue weighted by atomic mass is 32.2. The van der Waals surface area contributed by atoms with Crippen LogP contribution in [0.2, 0.25) is 0 Å². The highest BCUT2D eigenvalue weighted by molar-refractivity contribution is 7.85. The van der Waals surface area contributed by atoms with Gasteiger partial charge < -0.3 is 0 Å². The molecule has 0 aliphatic carbocycles. The first-order valence-electron chi connectivity index (χ1n) is 3.86. The van der Waals surface area contributed by atoms with Gasteiger partial charge in [0.15, 0.2) is 5.82 Å². The highest BCUT2D eigenvalue weighted by Gasteiger charge is 2.10. The Bertz CT molecular complexity index is 546. The van der Waals surface area contributed by atoms with Crippen LogP contribution in [-0.2, 0) is 10.1 Å². The van der Waals surface area contributed by atoms with E-state index in [2.05, 4.69) is 20.2 Å². The second-order valence-corrected chi connectivity index (χ2v) is 4.11. The molecule has 0 aliphatic rings. The maximum absolute atomic E-state index is 10.7. The molecule has 0 fully saturated rings. The lowest BCUT2D eigenvalue weighted by atomic mass is 10.3. The summed E-state index contributed by atoms with van der Waals surface area (Å²) in [6, 6.07) is 2.66. The van der Waals surface area contributed by atoms with Crippen LogP contribution in [0.1, 0.15) is 0 Å². The van der Waals surface area contributed by atoms with E-state index in [1.807, 2.05) is 0 Å². The summed E-state index contributed by atoms with van der Waals surface area (Å²) in [5.74, 6) is 0.428. The lowest BCUT2D eigenvalue weighted by Crippen LogP contribution is -1.99. The van der Waals surface area contributed by atoms with Crippen molar-refractivity contribution in [1.82, 2.24) is 20.2 Å². The molecule has 0 radical (unpaired) electrons. The molecule has 7 nitrogen and oxygen atoms in total. The average molecular weight is 226 g/mol. The van der Waals surface area contributed by atoms with Crippen LogP contribution >= 0.6 is 0 Å². The van der Waals surface area contributed by atoms with E-state index in [-0.39, 0.29) is 4.90 Å². The van der Waals surface area contributed by atoms with E-state index in [1.54, 1.807) is 0 Å². The fourth-order valence-electron chi connectivity index (χ4n) is 1.00. The van der Waals surface area contributed by atoms with Crippen LogP contribution in [0.25, 0.3) is 11.5 Å². The Labute approximate surface area is 85.0 Å². The van der Waals surface area contributed by atoms with Gasteiger partial charge in [-0.2, -0.15) is 13.5 Å². The molecule has 0 spiro atoms. The molecule has 0 saturated carbocycles. The predicted octanol–water partition coefficient (Wildman–Crippen LogP) is 0.113. The number of rotatable bonds is 2. The van der Waals surface area contributed by atoms with E-state index in [1.165, 1.54) is 18.5 Å². The van der Waals surface area contributed by atoms with Crippen molar-refractivity contribution < 1.29 is 13.0 Å². The molecule has 78 valence electrons. The van der Waals surface area contributed by atoms with Crippen molar-refractivity contribution in [1.29, 1.82) is 0 Å². The van der Waals surface area contributed by atoms with Gasteiger partial charge in [-0.25, -0.2) is 4.98 Å². The first-order valence-corrected chi connectivity index (χ1v) is 5.30. The number of aromatic nitrogens is 4. The predicted molar refractivity (Wildman–Crippen MR) is 49.4 cm³/mol. The summed E-state index contributed by atoms with van der Waals surface area (Å²) < 4.78 is 30.1. The molecule has 2 aromatic rings. The van der Waals surface area contributed by atoms with Gasteiger partial charge in [0.05, 0.1) is 0 Å². The molecular weight excluding hydrogens is 220 g/mol. The van der Waals surface area contributed by atoms with Crippen molar-refractivity contribution in [2.45, 2.75) is 4.90 Å². The zero-order valence-electron chi connectivity index (χ0n) is 7.32. The molecule has 0 amide bonds. The first kappa shape index (κ1) is 9.74. The Morgan fingerprint density at radius 1 is 1.27 bits per heavy atom. The third kappa shape index (κ3) is 2.00. The molecule has 2 heterocycles. The van der Waals surface area contributed by atoms with Crippen molar-refractivity contribution in [3.8, 4) is 11.5 Å². The van der Waals surface area contributed by atoms with Gasteiger partial charge in [-0.15, -0.1) is 0 Å². The van der Waals surface area contributed by atoms with Gasteiger partial charge in [0.2, 0.25) is 0 Å². The molecule has 8 heteroatoms. The van der Waals surface area contributed by atoms with Gasteiger partial charge in [0, 0.05) is 6.20 Å². The first-order chi connectivity index (χ1) is 7.07. The standard InChI is InChI=1S/C7H6N4O3S/c12-15(13,14)5-1-2-6(8-3-5)7-9-4-10-11-7/h1-4H,(H,9,10,11)(H,12,13,14). The second kappa shape index (κ2) is 3.41. The number of hydrogen-bond donors (Lipinski definition) is 2. The van der Waals surface area contributed by atoms with Gasteiger partial charge >= 0.3 is 0 Å². The number of H-pyrrole nitrogens is 1. The van der Waals surface area contributed by atoms with Crippen LogP contribution in [0.4, 0.5) is 0 Å². The quantitative estimate of drug-likeness (QED) is 0.703. The van der Waals surface area contributed by atoms with Crippen molar-refractivity contribution in [2.75, 3.05) is 0 Å². The third-order valence-electron chi connectivity index (χ3n) is 1.69. The molecule has 0 unspecified atom stereocenters. The van der Waals surface area contributed by atoms with Crippen LogP contribution in [0, 0.1) is 0 Å². The monoisotopic (exact) mass is 226 g/mol. The molecule has 0 aromatic carbocycles. The zero-order chi connectivity index (χ0) is 10.9. The minimum absolute atomic E-state index is 0.259. The van der Waals surface area contributed by atoms with E-state index in [4.69, 9.17) is 4.55 Å². The Kier molecular flexibility index (Phi) is 2.21. The minimum Gasteiger partial charge on any atom is -0.282 e. The van der Waals surface area contributed by atoms with Gasteiger partial charge in [0.25, 0.3) is 10.1 Å². The maximum Gasteiger partial charge on any atom is 0.296 e. The summed E-state index contributed by atoms with van der Waals surface area (Å²) in [5, 5.41) is 6.20. The molecule has 0 saturated heterocycles. The molecule has 2 N–H and O–H groups in total. The Morgan fingerprint density at radius 3 is 2.53 bits per heavy atom. The van der Waals surface area contributed by atoms with Crippen LogP contribution in [0.3, 0.4) is 0 Å². The summed E-state index contributed by atoms with van der Waals surface area (Å²) in [6.07, 6.45) is 2.36. The summed E-state index contributed by atoms with van der Waals surface area (Å²) >= 11 is 0. The van der Waals surface area contributed by atoms with Gasteiger partial charge in [0.1, 0.15) is 16.9 Å². The van der Waals surface area contributed by atoms with Gasteiger partial charge in [-0.1, -0.05) is 0 Å². The van der Waals surface area contributed by atoms with E-state index >= 15 is 0 Å². The maximum atomic E-state index is 10.7. The van der Waals surface area contributed by atoms with Crippen LogP contribution in [0.5, 0.6) is 0 Å². The molecule has 0 bridgehead atoms. The number of pyridine rings is 1. The average Bonchev–Trinajstić information content (AvgIpc) is 2.69. The lowest BCUT2D eigenvalue weighted by molar-refractivity contribution is 0.483. The van der Waals surface area contributed by atoms with E-state index in [0.29, 0.717) is 11.5 Å². The molecule has 2 aromatic heterocycles. The minimum atomic E-state index is -4.20. The number of aromatic amines is 1. The molecule has 2 rings (SSSR count). The van der Waals surface area contributed by atoms with Crippen LogP contribution in [0.15, 0.2) is 29.6 Å². The number of nitrogens with zero attached hydrogens (tertiary/aromatic N) is 3. The molecule has 15 heavy (non-hydrogen) atoms. The van der Waals surface area contributed by atoms with E-state index in [0.717, 1.165) is 6.20 Å². The van der Waals surface area contributed by atoms with Crippen LogP contribution in [-0.4, -0.2) is 33.1 Å². The number of nitrogens with one attached hydrogen (secondary N) is 1. The fourth-order valence-corrected chi connectivity index (χ4v) is 1.43. The molecule has 0 atom stereocenters. The summed E-state index contributed by atoms with van der Waals surface area (Å²) in [6.45, 7) is 0. The normalized spacial score (nSPS) is 11.5. The SMILES string of the molecule is O=S(=O)(O)c1ccc(-c2ncn[nH]2)nc1. The van der Waals surface area contributed by atoms with E-state index < -0.39 is 10.1 Å². The second-order valence-electron chi connectivity index (χ2n) is 2.69. The van der Waals surface area contributed by atoms with Crippen molar-refractivity contribution in [2.24, 2.45) is 0 Å². The lowest BCUT2D eigenvalue weighted by Gasteiger charge is -1.97. The van der Waals surface area contributed by atoms with Gasteiger partial charge in [-0.3, -0.25) is 14.6 Å². The van der Waals surface area contributed by atoms with Crippen LogP contribution < -0.4 is 0 Å². The zero-order valence-corrected chi connectivity index (χ0v) is 8.14. The Hall–Kier alpha value is -1.80.